The van der Waals surface area contributed by atoms with Crippen LogP contribution in [0.25, 0.3) is 20.8 Å². The molecule has 0 saturated carbocycles. The second-order valence-corrected chi connectivity index (χ2v) is 9.13. The summed E-state index contributed by atoms with van der Waals surface area (Å²) in [5.41, 5.74) is 2.82. The Balaban J connectivity index is 1.68. The van der Waals surface area contributed by atoms with Gasteiger partial charge in [-0.25, -0.2) is 9.56 Å². The smallest absolute Gasteiger partial charge is 0.203 e. The summed E-state index contributed by atoms with van der Waals surface area (Å²) in [5, 5.41) is 9.33. The number of anilines is 1. The highest BCUT2D eigenvalue weighted by Crippen LogP contribution is 2.38. The molecular weight excluding hydrogens is 413 g/mol. The van der Waals surface area contributed by atoms with Gasteiger partial charge < -0.3 is 15.5 Å². The number of hydrogen-bond acceptors (Lipinski definition) is 5. The zero-order valence-corrected chi connectivity index (χ0v) is 17.8. The number of aromatic nitrogens is 1. The molecule has 0 radical (unpaired) electrons. The van der Waals surface area contributed by atoms with Crippen molar-refractivity contribution in [3.8, 4) is 10.6 Å². The van der Waals surface area contributed by atoms with Crippen LogP contribution in [0.15, 0.2) is 24.3 Å². The van der Waals surface area contributed by atoms with Gasteiger partial charge >= 0.3 is 0 Å². The SMILES string of the molecule is Clc1cc(=[N+]2CCNCC2)cc2sc3cc(N4CCNCC4)cc(Cl)c3nc1-2. The molecule has 28 heavy (non-hydrogen) atoms. The molecule has 0 bridgehead atoms. The van der Waals surface area contributed by atoms with E-state index in [1.54, 1.807) is 11.3 Å². The van der Waals surface area contributed by atoms with Crippen molar-refractivity contribution in [3.63, 3.8) is 0 Å². The highest BCUT2D eigenvalue weighted by atomic mass is 35.5. The lowest BCUT2D eigenvalue weighted by Gasteiger charge is -2.29. The molecule has 3 aliphatic heterocycles. The zero-order valence-electron chi connectivity index (χ0n) is 15.5. The molecule has 0 aromatic heterocycles. The third-order valence-electron chi connectivity index (χ3n) is 5.43. The van der Waals surface area contributed by atoms with E-state index in [1.165, 1.54) is 11.0 Å². The van der Waals surface area contributed by atoms with Gasteiger partial charge in [0, 0.05) is 44.0 Å². The minimum absolute atomic E-state index is 0.687. The molecule has 2 fully saturated rings. The number of halogens is 2. The van der Waals surface area contributed by atoms with Crippen LogP contribution in [0, 0.1) is 0 Å². The van der Waals surface area contributed by atoms with Crippen molar-refractivity contribution < 1.29 is 0 Å². The summed E-state index contributed by atoms with van der Waals surface area (Å²) >= 11 is 15.0. The Morgan fingerprint density at radius 2 is 1.68 bits per heavy atom. The van der Waals surface area contributed by atoms with Crippen LogP contribution in [0.1, 0.15) is 0 Å². The number of piperazine rings is 2. The van der Waals surface area contributed by atoms with Crippen LogP contribution in [0.4, 0.5) is 5.69 Å². The number of rotatable bonds is 1. The maximum atomic E-state index is 6.63. The Morgan fingerprint density at radius 3 is 2.46 bits per heavy atom. The van der Waals surface area contributed by atoms with Gasteiger partial charge in [0.1, 0.15) is 5.69 Å². The van der Waals surface area contributed by atoms with Gasteiger partial charge in [-0.15, -0.1) is 11.3 Å². The van der Waals surface area contributed by atoms with Gasteiger partial charge in [0.25, 0.3) is 0 Å². The molecule has 2 N–H and O–H groups in total. The van der Waals surface area contributed by atoms with Crippen LogP contribution in [0.5, 0.6) is 0 Å². The fourth-order valence-corrected chi connectivity index (χ4v) is 5.66. The number of fused-ring (bicyclic) bond motifs is 2. The number of benzene rings is 2. The maximum absolute atomic E-state index is 6.63. The third-order valence-corrected chi connectivity index (χ3v) is 7.07. The first kappa shape index (κ1) is 18.6. The van der Waals surface area contributed by atoms with Crippen LogP contribution < -0.4 is 25.5 Å². The molecule has 5 nitrogen and oxygen atoms in total. The predicted octanol–water partition coefficient (Wildman–Crippen LogP) is 2.49. The minimum atomic E-state index is 0.687. The highest BCUT2D eigenvalue weighted by Gasteiger charge is 2.19. The molecule has 1 aliphatic carbocycles. The largest absolute Gasteiger partial charge is 0.369 e. The molecule has 3 heterocycles. The molecule has 0 spiro atoms. The van der Waals surface area contributed by atoms with Gasteiger partial charge in [0.15, 0.2) is 13.1 Å². The number of hydrogen-bond donors (Lipinski definition) is 2. The maximum Gasteiger partial charge on any atom is 0.203 e. The molecule has 2 saturated heterocycles. The summed E-state index contributed by atoms with van der Waals surface area (Å²) in [4.78, 5) is 8.31. The van der Waals surface area contributed by atoms with E-state index in [9.17, 15) is 0 Å². The Kier molecular flexibility index (Phi) is 5.15. The van der Waals surface area contributed by atoms with Gasteiger partial charge in [-0.1, -0.05) is 23.2 Å². The first-order valence-corrected chi connectivity index (χ1v) is 11.2. The fraction of sp³-hybridized carbons (Fsp3) is 0.400. The first-order chi connectivity index (χ1) is 13.7. The molecule has 0 amide bonds. The van der Waals surface area contributed by atoms with E-state index in [1.807, 2.05) is 12.1 Å². The van der Waals surface area contributed by atoms with Crippen molar-refractivity contribution in [2.24, 2.45) is 0 Å². The lowest BCUT2D eigenvalue weighted by atomic mass is 10.2. The van der Waals surface area contributed by atoms with Gasteiger partial charge in [-0.3, -0.25) is 0 Å². The van der Waals surface area contributed by atoms with Crippen LogP contribution in [-0.4, -0.2) is 57.3 Å². The van der Waals surface area contributed by atoms with Crippen LogP contribution in [-0.2, 0) is 0 Å². The van der Waals surface area contributed by atoms with Crippen molar-refractivity contribution in [1.82, 2.24) is 20.2 Å². The van der Waals surface area contributed by atoms with E-state index in [0.29, 0.717) is 10.0 Å². The van der Waals surface area contributed by atoms with E-state index in [0.717, 1.165) is 73.1 Å². The van der Waals surface area contributed by atoms with Crippen molar-refractivity contribution in [2.75, 3.05) is 57.3 Å². The first-order valence-electron chi connectivity index (χ1n) is 9.67. The Hall–Kier alpha value is -1.44. The Morgan fingerprint density at radius 1 is 0.929 bits per heavy atom. The molecule has 0 atom stereocenters. The summed E-state index contributed by atoms with van der Waals surface area (Å²) in [6.45, 7) is 7.97. The minimum Gasteiger partial charge on any atom is -0.369 e. The van der Waals surface area contributed by atoms with E-state index in [2.05, 4.69) is 32.2 Å². The van der Waals surface area contributed by atoms with Gasteiger partial charge in [0.05, 0.1) is 38.2 Å². The summed E-state index contributed by atoms with van der Waals surface area (Å²) in [7, 11) is 0. The quantitative estimate of drug-likeness (QED) is 0.456. The normalized spacial score (nSPS) is 18.2. The summed E-state index contributed by atoms with van der Waals surface area (Å²) in [6.07, 6.45) is 0. The molecule has 1 aromatic carbocycles. The third kappa shape index (κ3) is 3.48. The molecule has 8 heteroatoms. The highest BCUT2D eigenvalue weighted by molar-refractivity contribution is 7.21. The van der Waals surface area contributed by atoms with E-state index >= 15 is 0 Å². The van der Waals surface area contributed by atoms with Crippen molar-refractivity contribution in [1.29, 1.82) is 0 Å². The lowest BCUT2D eigenvalue weighted by molar-refractivity contribution is 0.467. The monoisotopic (exact) mass is 434 g/mol. The lowest BCUT2D eigenvalue weighted by Crippen LogP contribution is -2.45. The number of nitrogens with zero attached hydrogens (tertiary/aromatic N) is 3. The second kappa shape index (κ2) is 7.76. The standard InChI is InChI=1S/C20H22Cl2N5S/c21-15-9-13(26-5-1-23-2-6-26)11-17-19(15)25-20-16(22)10-14(12-18(20)28-17)27-7-3-24-4-8-27/h9-12,23-24H,1-8H2/q+1. The summed E-state index contributed by atoms with van der Waals surface area (Å²) in [6, 6.07) is 8.50. The topological polar surface area (TPSA) is 43.2 Å². The van der Waals surface area contributed by atoms with E-state index < -0.39 is 0 Å². The summed E-state index contributed by atoms with van der Waals surface area (Å²) in [5.74, 6) is 0. The molecule has 0 unspecified atom stereocenters. The molecule has 1 aromatic rings. The van der Waals surface area contributed by atoms with Crippen molar-refractivity contribution in [3.05, 3.63) is 39.7 Å². The molecule has 146 valence electrons. The van der Waals surface area contributed by atoms with E-state index in [-0.39, 0.29) is 0 Å². The molecule has 5 rings (SSSR count). The van der Waals surface area contributed by atoms with Crippen LogP contribution in [0.2, 0.25) is 10.0 Å². The second-order valence-electron chi connectivity index (χ2n) is 7.24. The fourth-order valence-electron chi connectivity index (χ4n) is 3.93. The van der Waals surface area contributed by atoms with E-state index in [4.69, 9.17) is 28.2 Å². The van der Waals surface area contributed by atoms with Gasteiger partial charge in [0.2, 0.25) is 5.36 Å². The van der Waals surface area contributed by atoms with Crippen LogP contribution >= 0.6 is 34.5 Å². The molecular formula is C20H22Cl2N5S+. The average Bonchev–Trinajstić information content (AvgIpc) is 2.74. The molecule has 4 aliphatic rings. The Labute approximate surface area is 177 Å². The zero-order chi connectivity index (χ0) is 19.1. The Bertz CT molecular complexity index is 1070. The van der Waals surface area contributed by atoms with Crippen molar-refractivity contribution >= 4 is 50.4 Å². The van der Waals surface area contributed by atoms with Crippen molar-refractivity contribution in [2.45, 2.75) is 0 Å². The van der Waals surface area contributed by atoms with Crippen LogP contribution in [0.3, 0.4) is 0 Å². The average molecular weight is 435 g/mol. The van der Waals surface area contributed by atoms with Gasteiger partial charge in [-0.05, 0) is 12.1 Å². The number of nitrogens with one attached hydrogen (secondary N) is 2. The predicted molar refractivity (Wildman–Crippen MR) is 119 cm³/mol. The van der Waals surface area contributed by atoms with Gasteiger partial charge in [-0.2, -0.15) is 0 Å². The summed E-state index contributed by atoms with van der Waals surface area (Å²) < 4.78 is 3.48.